The van der Waals surface area contributed by atoms with Gasteiger partial charge in [-0.3, -0.25) is 4.79 Å². The highest BCUT2D eigenvalue weighted by atomic mass is 16.5. The Bertz CT molecular complexity index is 866. The predicted octanol–water partition coefficient (Wildman–Crippen LogP) is 3.90. The van der Waals surface area contributed by atoms with Gasteiger partial charge in [-0.15, -0.1) is 0 Å². The summed E-state index contributed by atoms with van der Waals surface area (Å²) < 4.78 is 5.15. The molecule has 3 rings (SSSR count). The van der Waals surface area contributed by atoms with Crippen LogP contribution < -0.4 is 15.0 Å². The van der Waals surface area contributed by atoms with Crippen LogP contribution in [0.1, 0.15) is 17.4 Å². The third-order valence-electron chi connectivity index (χ3n) is 3.88. The number of carbonyl (C=O) groups excluding carboxylic acids is 1. The number of benzene rings is 2. The number of carbonyl (C=O) groups is 1. The topological polar surface area (TPSA) is 67.4 Å². The molecule has 132 valence electrons. The molecule has 1 N–H and O–H groups in total. The van der Waals surface area contributed by atoms with Gasteiger partial charge in [0.15, 0.2) is 0 Å². The van der Waals surface area contributed by atoms with Gasteiger partial charge < -0.3 is 15.0 Å². The first-order valence-corrected chi connectivity index (χ1v) is 8.31. The highest BCUT2D eigenvalue weighted by Gasteiger charge is 2.18. The van der Waals surface area contributed by atoms with Gasteiger partial charge in [0.1, 0.15) is 23.6 Å². The van der Waals surface area contributed by atoms with Crippen LogP contribution in [-0.2, 0) is 0 Å². The van der Waals surface area contributed by atoms with Crippen molar-refractivity contribution in [1.29, 1.82) is 0 Å². The second-order valence-corrected chi connectivity index (χ2v) is 5.53. The van der Waals surface area contributed by atoms with Crippen molar-refractivity contribution in [2.75, 3.05) is 23.9 Å². The van der Waals surface area contributed by atoms with E-state index in [2.05, 4.69) is 15.3 Å². The van der Waals surface area contributed by atoms with Gasteiger partial charge in [-0.25, -0.2) is 9.97 Å². The van der Waals surface area contributed by atoms with Crippen LogP contribution >= 0.6 is 0 Å². The first-order chi connectivity index (χ1) is 12.7. The normalized spacial score (nSPS) is 10.2. The second-order valence-electron chi connectivity index (χ2n) is 5.53. The van der Waals surface area contributed by atoms with Crippen LogP contribution in [0.4, 0.5) is 17.2 Å². The van der Waals surface area contributed by atoms with E-state index in [1.54, 1.807) is 18.1 Å². The van der Waals surface area contributed by atoms with Gasteiger partial charge >= 0.3 is 0 Å². The number of amides is 1. The molecule has 0 radical (unpaired) electrons. The molecule has 1 amide bonds. The number of hydrogen-bond donors (Lipinski definition) is 1. The molecule has 6 heteroatoms. The van der Waals surface area contributed by atoms with E-state index in [1.165, 1.54) is 6.33 Å². The van der Waals surface area contributed by atoms with Gasteiger partial charge in [0.05, 0.1) is 7.11 Å². The molecule has 26 heavy (non-hydrogen) atoms. The van der Waals surface area contributed by atoms with Crippen molar-refractivity contribution in [3.8, 4) is 5.75 Å². The molecule has 0 atom stereocenters. The average molecular weight is 348 g/mol. The van der Waals surface area contributed by atoms with Crippen molar-refractivity contribution < 1.29 is 9.53 Å². The number of ether oxygens (including phenoxy) is 1. The number of anilines is 3. The molecule has 0 aliphatic carbocycles. The Morgan fingerprint density at radius 3 is 2.46 bits per heavy atom. The third-order valence-corrected chi connectivity index (χ3v) is 3.88. The zero-order valence-corrected chi connectivity index (χ0v) is 14.7. The van der Waals surface area contributed by atoms with E-state index in [-0.39, 0.29) is 5.91 Å². The lowest BCUT2D eigenvalue weighted by Gasteiger charge is -2.20. The zero-order chi connectivity index (χ0) is 18.4. The van der Waals surface area contributed by atoms with E-state index >= 15 is 0 Å². The number of nitrogens with one attached hydrogen (secondary N) is 1. The van der Waals surface area contributed by atoms with Crippen LogP contribution in [0.25, 0.3) is 0 Å². The minimum atomic E-state index is -0.168. The van der Waals surface area contributed by atoms with Crippen molar-refractivity contribution in [2.24, 2.45) is 0 Å². The summed E-state index contributed by atoms with van der Waals surface area (Å²) in [5, 5.41) is 3.17. The summed E-state index contributed by atoms with van der Waals surface area (Å²) in [6, 6.07) is 18.6. The lowest BCUT2D eigenvalue weighted by Crippen LogP contribution is -2.31. The summed E-state index contributed by atoms with van der Waals surface area (Å²) in [7, 11) is 1.62. The fourth-order valence-electron chi connectivity index (χ4n) is 2.55. The SMILES string of the molecule is CCN(C(=O)c1cc(Nc2ccc(OC)cc2)ncn1)c1ccccc1. The van der Waals surface area contributed by atoms with Gasteiger partial charge in [-0.05, 0) is 43.3 Å². The van der Waals surface area contributed by atoms with Crippen molar-refractivity contribution in [1.82, 2.24) is 9.97 Å². The Hall–Kier alpha value is -3.41. The fraction of sp³-hybridized carbons (Fsp3) is 0.150. The molecule has 0 bridgehead atoms. The van der Waals surface area contributed by atoms with E-state index < -0.39 is 0 Å². The maximum atomic E-state index is 12.9. The molecule has 0 saturated carbocycles. The monoisotopic (exact) mass is 348 g/mol. The minimum absolute atomic E-state index is 0.168. The second kappa shape index (κ2) is 8.11. The van der Waals surface area contributed by atoms with E-state index in [9.17, 15) is 4.79 Å². The van der Waals surface area contributed by atoms with Gasteiger partial charge in [0, 0.05) is 24.0 Å². The molecular formula is C20H20N4O2. The van der Waals surface area contributed by atoms with Crippen LogP contribution in [0.15, 0.2) is 67.0 Å². The molecule has 0 spiro atoms. The number of rotatable bonds is 6. The molecule has 6 nitrogen and oxygen atoms in total. The molecule has 3 aromatic rings. The summed E-state index contributed by atoms with van der Waals surface area (Å²) in [6.07, 6.45) is 1.39. The lowest BCUT2D eigenvalue weighted by molar-refractivity contribution is 0.0983. The summed E-state index contributed by atoms with van der Waals surface area (Å²) in [6.45, 7) is 2.48. The van der Waals surface area contributed by atoms with Crippen LogP contribution in [0, 0.1) is 0 Å². The highest BCUT2D eigenvalue weighted by molar-refractivity contribution is 6.05. The van der Waals surface area contributed by atoms with Crippen LogP contribution in [0.3, 0.4) is 0 Å². The molecule has 1 aromatic heterocycles. The number of methoxy groups -OCH3 is 1. The number of nitrogens with zero attached hydrogens (tertiary/aromatic N) is 3. The summed E-state index contributed by atoms with van der Waals surface area (Å²) in [5.41, 5.74) is 2.02. The maximum Gasteiger partial charge on any atom is 0.277 e. The summed E-state index contributed by atoms with van der Waals surface area (Å²) in [4.78, 5) is 22.9. The van der Waals surface area contributed by atoms with Crippen molar-refractivity contribution in [3.05, 3.63) is 72.7 Å². The number of aromatic nitrogens is 2. The Morgan fingerprint density at radius 2 is 1.81 bits per heavy atom. The van der Waals surface area contributed by atoms with E-state index in [4.69, 9.17) is 4.74 Å². The van der Waals surface area contributed by atoms with E-state index in [0.29, 0.717) is 18.1 Å². The van der Waals surface area contributed by atoms with Gasteiger partial charge in [0.2, 0.25) is 0 Å². The zero-order valence-electron chi connectivity index (χ0n) is 14.7. The average Bonchev–Trinajstić information content (AvgIpc) is 2.70. The van der Waals surface area contributed by atoms with Crippen LogP contribution in [-0.4, -0.2) is 29.5 Å². The molecular weight excluding hydrogens is 328 g/mol. The molecule has 0 aliphatic rings. The standard InChI is InChI=1S/C20H20N4O2/c1-3-24(16-7-5-4-6-8-16)20(25)18-13-19(22-14-21-18)23-15-9-11-17(26-2)12-10-15/h4-14H,3H2,1-2H3,(H,21,22,23). The highest BCUT2D eigenvalue weighted by Crippen LogP contribution is 2.20. The summed E-state index contributed by atoms with van der Waals surface area (Å²) >= 11 is 0. The molecule has 0 unspecified atom stereocenters. The van der Waals surface area contributed by atoms with Crippen molar-refractivity contribution in [3.63, 3.8) is 0 Å². The first kappa shape index (κ1) is 17.4. The van der Waals surface area contributed by atoms with Gasteiger partial charge in [0.25, 0.3) is 5.91 Å². The summed E-state index contributed by atoms with van der Waals surface area (Å²) in [5.74, 6) is 1.16. The minimum Gasteiger partial charge on any atom is -0.497 e. The van der Waals surface area contributed by atoms with Crippen LogP contribution in [0.5, 0.6) is 5.75 Å². The Morgan fingerprint density at radius 1 is 1.08 bits per heavy atom. The van der Waals surface area contributed by atoms with Gasteiger partial charge in [-0.1, -0.05) is 18.2 Å². The largest absolute Gasteiger partial charge is 0.497 e. The smallest absolute Gasteiger partial charge is 0.277 e. The molecule has 2 aromatic carbocycles. The van der Waals surface area contributed by atoms with E-state index in [0.717, 1.165) is 17.1 Å². The Labute approximate surface area is 152 Å². The van der Waals surface area contributed by atoms with Crippen molar-refractivity contribution >= 4 is 23.1 Å². The Kier molecular flexibility index (Phi) is 5.43. The number of para-hydroxylation sites is 1. The third kappa shape index (κ3) is 3.97. The molecule has 0 aliphatic heterocycles. The molecule has 0 saturated heterocycles. The number of hydrogen-bond acceptors (Lipinski definition) is 5. The van der Waals surface area contributed by atoms with E-state index in [1.807, 2.05) is 61.5 Å². The quantitative estimate of drug-likeness (QED) is 0.732. The van der Waals surface area contributed by atoms with Crippen molar-refractivity contribution in [2.45, 2.75) is 6.92 Å². The maximum absolute atomic E-state index is 12.9. The van der Waals surface area contributed by atoms with Crippen LogP contribution in [0.2, 0.25) is 0 Å². The Balaban J connectivity index is 1.80. The molecule has 0 fully saturated rings. The van der Waals surface area contributed by atoms with Gasteiger partial charge in [-0.2, -0.15) is 0 Å². The predicted molar refractivity (Wildman–Crippen MR) is 102 cm³/mol. The lowest BCUT2D eigenvalue weighted by atomic mass is 10.2. The molecule has 1 heterocycles. The fourth-order valence-corrected chi connectivity index (χ4v) is 2.55. The first-order valence-electron chi connectivity index (χ1n) is 8.31.